The van der Waals surface area contributed by atoms with Crippen LogP contribution in [0.1, 0.15) is 18.3 Å². The molecule has 1 aromatic heterocycles. The molecule has 0 saturated carbocycles. The smallest absolute Gasteiger partial charge is 0.121 e. The third kappa shape index (κ3) is 2.17. The number of nitrogens with zero attached hydrogens (tertiary/aromatic N) is 2. The average molecular weight is 167 g/mol. The molecule has 0 aliphatic rings. The van der Waals surface area contributed by atoms with E-state index in [-0.39, 0.29) is 6.04 Å². The standard InChI is InChI=1S/C8H13N3O/c1-4-6(2)9-5-8-7(3)10-12-11-8/h4,6,9H,1,5H2,2-3H3. The van der Waals surface area contributed by atoms with Crippen LogP contribution in [-0.4, -0.2) is 16.4 Å². The van der Waals surface area contributed by atoms with Gasteiger partial charge in [0.15, 0.2) is 0 Å². The fourth-order valence-electron chi connectivity index (χ4n) is 0.751. The Hall–Kier alpha value is -1.16. The Balaban J connectivity index is 2.43. The summed E-state index contributed by atoms with van der Waals surface area (Å²) in [6.45, 7) is 8.22. The molecule has 0 aliphatic heterocycles. The van der Waals surface area contributed by atoms with Crippen LogP contribution < -0.4 is 5.32 Å². The third-order valence-corrected chi connectivity index (χ3v) is 1.69. The van der Waals surface area contributed by atoms with Gasteiger partial charge in [0.1, 0.15) is 11.4 Å². The van der Waals surface area contributed by atoms with Gasteiger partial charge in [0.25, 0.3) is 0 Å². The van der Waals surface area contributed by atoms with Crippen LogP contribution in [0.2, 0.25) is 0 Å². The van der Waals surface area contributed by atoms with Crippen LogP contribution in [0, 0.1) is 6.92 Å². The van der Waals surface area contributed by atoms with Crippen molar-refractivity contribution in [1.29, 1.82) is 0 Å². The van der Waals surface area contributed by atoms with E-state index in [1.165, 1.54) is 0 Å². The molecule has 1 rings (SSSR count). The lowest BCUT2D eigenvalue weighted by Gasteiger charge is -2.05. The van der Waals surface area contributed by atoms with Gasteiger partial charge in [0, 0.05) is 12.6 Å². The van der Waals surface area contributed by atoms with E-state index in [9.17, 15) is 0 Å². The number of aryl methyl sites for hydroxylation is 1. The molecular weight excluding hydrogens is 154 g/mol. The lowest BCUT2D eigenvalue weighted by Crippen LogP contribution is -2.23. The molecule has 0 aromatic carbocycles. The van der Waals surface area contributed by atoms with Gasteiger partial charge in [-0.15, -0.1) is 6.58 Å². The maximum Gasteiger partial charge on any atom is 0.121 e. The van der Waals surface area contributed by atoms with Gasteiger partial charge < -0.3 is 5.32 Å². The van der Waals surface area contributed by atoms with Crippen molar-refractivity contribution in [2.75, 3.05) is 0 Å². The van der Waals surface area contributed by atoms with Crippen LogP contribution in [0.4, 0.5) is 0 Å². The molecule has 0 spiro atoms. The highest BCUT2D eigenvalue weighted by atomic mass is 16.6. The number of rotatable bonds is 4. The first-order valence-corrected chi connectivity index (χ1v) is 3.88. The second-order valence-corrected chi connectivity index (χ2v) is 2.70. The van der Waals surface area contributed by atoms with Crippen molar-refractivity contribution in [3.63, 3.8) is 0 Å². The van der Waals surface area contributed by atoms with E-state index in [1.54, 1.807) is 0 Å². The SMILES string of the molecule is C=CC(C)NCc1nonc1C. The topological polar surface area (TPSA) is 51.0 Å². The van der Waals surface area contributed by atoms with Crippen LogP contribution in [-0.2, 0) is 6.54 Å². The van der Waals surface area contributed by atoms with Crippen LogP contribution in [0.3, 0.4) is 0 Å². The van der Waals surface area contributed by atoms with E-state index in [4.69, 9.17) is 0 Å². The Morgan fingerprint density at radius 3 is 2.92 bits per heavy atom. The molecule has 66 valence electrons. The predicted octanol–water partition coefficient (Wildman–Crippen LogP) is 1.04. The third-order valence-electron chi connectivity index (χ3n) is 1.69. The van der Waals surface area contributed by atoms with Crippen LogP contribution >= 0.6 is 0 Å². The van der Waals surface area contributed by atoms with Crippen molar-refractivity contribution < 1.29 is 4.63 Å². The van der Waals surface area contributed by atoms with Crippen LogP contribution in [0.15, 0.2) is 17.3 Å². The van der Waals surface area contributed by atoms with Crippen molar-refractivity contribution in [2.45, 2.75) is 26.4 Å². The number of aromatic nitrogens is 2. The van der Waals surface area contributed by atoms with Crippen LogP contribution in [0.5, 0.6) is 0 Å². The van der Waals surface area contributed by atoms with Crippen molar-refractivity contribution in [3.05, 3.63) is 24.0 Å². The highest BCUT2D eigenvalue weighted by molar-refractivity contribution is 5.04. The van der Waals surface area contributed by atoms with E-state index >= 15 is 0 Å². The lowest BCUT2D eigenvalue weighted by molar-refractivity contribution is 0.300. The van der Waals surface area contributed by atoms with Gasteiger partial charge in [-0.2, -0.15) is 0 Å². The fraction of sp³-hybridized carbons (Fsp3) is 0.500. The van der Waals surface area contributed by atoms with Gasteiger partial charge in [-0.05, 0) is 13.8 Å². The second kappa shape index (κ2) is 4.01. The van der Waals surface area contributed by atoms with Gasteiger partial charge in [-0.1, -0.05) is 16.4 Å². The van der Waals surface area contributed by atoms with Crippen molar-refractivity contribution in [2.24, 2.45) is 0 Å². The summed E-state index contributed by atoms with van der Waals surface area (Å²) in [6.07, 6.45) is 1.84. The van der Waals surface area contributed by atoms with Gasteiger partial charge >= 0.3 is 0 Å². The zero-order chi connectivity index (χ0) is 8.97. The van der Waals surface area contributed by atoms with E-state index < -0.39 is 0 Å². The van der Waals surface area contributed by atoms with E-state index in [0.717, 1.165) is 11.4 Å². The number of hydrogen-bond acceptors (Lipinski definition) is 4. The maximum absolute atomic E-state index is 4.55. The van der Waals surface area contributed by atoms with Gasteiger partial charge in [0.2, 0.25) is 0 Å². The molecule has 0 amide bonds. The molecule has 1 atom stereocenters. The first-order valence-electron chi connectivity index (χ1n) is 3.88. The van der Waals surface area contributed by atoms with Crippen LogP contribution in [0.25, 0.3) is 0 Å². The van der Waals surface area contributed by atoms with Gasteiger partial charge in [0.05, 0.1) is 0 Å². The highest BCUT2D eigenvalue weighted by Gasteiger charge is 2.04. The summed E-state index contributed by atoms with van der Waals surface area (Å²) >= 11 is 0. The Labute approximate surface area is 71.6 Å². The largest absolute Gasteiger partial charge is 0.305 e. The molecule has 4 heteroatoms. The summed E-state index contributed by atoms with van der Waals surface area (Å²) in [4.78, 5) is 0. The summed E-state index contributed by atoms with van der Waals surface area (Å²) in [7, 11) is 0. The fourth-order valence-corrected chi connectivity index (χ4v) is 0.751. The van der Waals surface area contributed by atoms with Crippen molar-refractivity contribution >= 4 is 0 Å². The minimum atomic E-state index is 0.279. The zero-order valence-corrected chi connectivity index (χ0v) is 7.37. The summed E-state index contributed by atoms with van der Waals surface area (Å²) in [5.74, 6) is 0. The quantitative estimate of drug-likeness (QED) is 0.681. The molecule has 0 bridgehead atoms. The van der Waals surface area contributed by atoms with Gasteiger partial charge in [-0.3, -0.25) is 0 Å². The molecule has 0 fully saturated rings. The van der Waals surface area contributed by atoms with E-state index in [1.807, 2.05) is 19.9 Å². The lowest BCUT2D eigenvalue weighted by atomic mass is 10.3. The Morgan fingerprint density at radius 2 is 2.42 bits per heavy atom. The summed E-state index contributed by atoms with van der Waals surface area (Å²) < 4.78 is 4.55. The molecule has 12 heavy (non-hydrogen) atoms. The monoisotopic (exact) mass is 167 g/mol. The molecule has 4 nitrogen and oxygen atoms in total. The Morgan fingerprint density at radius 1 is 1.67 bits per heavy atom. The summed E-state index contributed by atoms with van der Waals surface area (Å²) in [5, 5.41) is 10.6. The van der Waals surface area contributed by atoms with Gasteiger partial charge in [-0.25, -0.2) is 4.63 Å². The minimum absolute atomic E-state index is 0.279. The molecule has 0 aliphatic carbocycles. The average Bonchev–Trinajstić information content (AvgIpc) is 2.47. The Kier molecular flexibility index (Phi) is 2.99. The molecule has 0 saturated heterocycles. The van der Waals surface area contributed by atoms with E-state index in [0.29, 0.717) is 6.54 Å². The highest BCUT2D eigenvalue weighted by Crippen LogP contribution is 1.99. The maximum atomic E-state index is 4.55. The molecule has 1 heterocycles. The first-order chi connectivity index (χ1) is 5.74. The molecule has 1 aromatic rings. The zero-order valence-electron chi connectivity index (χ0n) is 7.37. The normalized spacial score (nSPS) is 12.8. The molecular formula is C8H13N3O. The van der Waals surface area contributed by atoms with E-state index in [2.05, 4.69) is 26.8 Å². The first kappa shape index (κ1) is 8.93. The second-order valence-electron chi connectivity index (χ2n) is 2.70. The minimum Gasteiger partial charge on any atom is -0.305 e. The molecule has 1 unspecified atom stereocenters. The predicted molar refractivity (Wildman–Crippen MR) is 45.5 cm³/mol. The number of hydrogen-bond donors (Lipinski definition) is 1. The number of nitrogens with one attached hydrogen (secondary N) is 1. The summed E-state index contributed by atoms with van der Waals surface area (Å²) in [5.41, 5.74) is 1.68. The Bertz CT molecular complexity index is 257. The summed E-state index contributed by atoms with van der Waals surface area (Å²) in [6, 6.07) is 0.279. The van der Waals surface area contributed by atoms with Crippen molar-refractivity contribution in [3.8, 4) is 0 Å². The molecule has 1 N–H and O–H groups in total. The molecule has 0 radical (unpaired) electrons. The van der Waals surface area contributed by atoms with Crippen molar-refractivity contribution in [1.82, 2.24) is 15.6 Å².